The van der Waals surface area contributed by atoms with Crippen LogP contribution in [0.15, 0.2) is 53.0 Å². The summed E-state index contributed by atoms with van der Waals surface area (Å²) in [5, 5.41) is 12.5. The number of rotatable bonds is 3. The highest BCUT2D eigenvalue weighted by Crippen LogP contribution is 2.16. The summed E-state index contributed by atoms with van der Waals surface area (Å²) >= 11 is 9.21. The Morgan fingerprint density at radius 2 is 1.78 bits per heavy atom. The minimum absolute atomic E-state index is 0.310. The summed E-state index contributed by atoms with van der Waals surface area (Å²) in [7, 11) is 0. The molecule has 0 atom stereocenters. The van der Waals surface area contributed by atoms with Crippen molar-refractivity contribution in [2.45, 2.75) is 6.54 Å². The molecule has 92 valence electrons. The average molecular weight is 325 g/mol. The SMILES string of the molecule is [O-][N+](=Cc1ccc(Cl)cc1)Cc1ccccc1Br. The van der Waals surface area contributed by atoms with Gasteiger partial charge in [-0.25, -0.2) is 4.74 Å². The molecular formula is C14H11BrClNO. The fraction of sp³-hybridized carbons (Fsp3) is 0.0714. The van der Waals surface area contributed by atoms with Gasteiger partial charge in [0.05, 0.1) is 0 Å². The molecule has 2 aromatic carbocycles. The van der Waals surface area contributed by atoms with E-state index in [0.717, 1.165) is 20.3 Å². The molecule has 0 bridgehead atoms. The number of halogens is 2. The van der Waals surface area contributed by atoms with Gasteiger partial charge in [0.2, 0.25) is 0 Å². The lowest BCUT2D eigenvalue weighted by Gasteiger charge is -2.05. The molecule has 0 amide bonds. The van der Waals surface area contributed by atoms with E-state index in [2.05, 4.69) is 15.9 Å². The molecule has 18 heavy (non-hydrogen) atoms. The average Bonchev–Trinajstić information content (AvgIpc) is 2.35. The van der Waals surface area contributed by atoms with Crippen LogP contribution in [0.5, 0.6) is 0 Å². The van der Waals surface area contributed by atoms with E-state index in [0.29, 0.717) is 11.6 Å². The van der Waals surface area contributed by atoms with E-state index in [1.807, 2.05) is 36.4 Å². The first-order valence-corrected chi connectivity index (χ1v) is 6.60. The van der Waals surface area contributed by atoms with Gasteiger partial charge < -0.3 is 5.21 Å². The van der Waals surface area contributed by atoms with Crippen molar-refractivity contribution >= 4 is 33.7 Å². The molecule has 0 radical (unpaired) electrons. The minimum Gasteiger partial charge on any atom is -0.624 e. The number of hydrogen-bond acceptors (Lipinski definition) is 1. The molecule has 2 nitrogen and oxygen atoms in total. The van der Waals surface area contributed by atoms with Crippen LogP contribution in [0.25, 0.3) is 0 Å². The molecule has 0 saturated carbocycles. The van der Waals surface area contributed by atoms with E-state index in [-0.39, 0.29) is 0 Å². The van der Waals surface area contributed by atoms with Gasteiger partial charge in [-0.1, -0.05) is 45.7 Å². The van der Waals surface area contributed by atoms with E-state index < -0.39 is 0 Å². The normalized spacial score (nSPS) is 11.6. The summed E-state index contributed by atoms with van der Waals surface area (Å²) in [6.07, 6.45) is 1.55. The molecule has 0 heterocycles. The van der Waals surface area contributed by atoms with Crippen LogP contribution in [-0.4, -0.2) is 11.0 Å². The molecule has 0 aromatic heterocycles. The van der Waals surface area contributed by atoms with Crippen LogP contribution in [0.1, 0.15) is 11.1 Å². The molecule has 0 spiro atoms. The first kappa shape index (κ1) is 13.1. The topological polar surface area (TPSA) is 26.1 Å². The summed E-state index contributed by atoms with van der Waals surface area (Å²) in [5.74, 6) is 0. The number of hydroxylamine groups is 1. The summed E-state index contributed by atoms with van der Waals surface area (Å²) in [6, 6.07) is 14.8. The number of hydrogen-bond donors (Lipinski definition) is 0. The highest BCUT2D eigenvalue weighted by Gasteiger charge is 2.03. The van der Waals surface area contributed by atoms with E-state index in [1.165, 1.54) is 0 Å². The predicted octanol–water partition coefficient (Wildman–Crippen LogP) is 4.23. The van der Waals surface area contributed by atoms with Crippen molar-refractivity contribution in [3.05, 3.63) is 74.4 Å². The lowest BCUT2D eigenvalue weighted by Crippen LogP contribution is -2.06. The highest BCUT2D eigenvalue weighted by atomic mass is 79.9. The third-order valence-corrected chi connectivity index (χ3v) is 3.47. The molecule has 0 aliphatic heterocycles. The Morgan fingerprint density at radius 1 is 1.11 bits per heavy atom. The van der Waals surface area contributed by atoms with Crippen LogP contribution in [0.3, 0.4) is 0 Å². The summed E-state index contributed by atoms with van der Waals surface area (Å²) in [5.41, 5.74) is 1.79. The number of benzene rings is 2. The minimum atomic E-state index is 0.310. The molecule has 4 heteroatoms. The van der Waals surface area contributed by atoms with Gasteiger partial charge in [0.1, 0.15) is 0 Å². The monoisotopic (exact) mass is 323 g/mol. The molecule has 0 saturated heterocycles. The third kappa shape index (κ3) is 3.59. The predicted molar refractivity (Wildman–Crippen MR) is 78.1 cm³/mol. The van der Waals surface area contributed by atoms with Crippen LogP contribution in [0, 0.1) is 5.21 Å². The zero-order valence-electron chi connectivity index (χ0n) is 9.51. The zero-order valence-corrected chi connectivity index (χ0v) is 11.9. The van der Waals surface area contributed by atoms with Crippen molar-refractivity contribution < 1.29 is 4.74 Å². The molecule has 0 aliphatic rings. The smallest absolute Gasteiger partial charge is 0.182 e. The number of nitrogens with zero attached hydrogens (tertiary/aromatic N) is 1. The third-order valence-electron chi connectivity index (χ3n) is 2.45. The standard InChI is InChI=1S/C14H11BrClNO/c15-14-4-2-1-3-12(14)10-17(18)9-11-5-7-13(16)8-6-11/h1-9H,10H2. The Kier molecular flexibility index (Phi) is 4.39. The second-order valence-electron chi connectivity index (χ2n) is 3.85. The van der Waals surface area contributed by atoms with Crippen molar-refractivity contribution in [1.82, 2.24) is 0 Å². The fourth-order valence-electron chi connectivity index (χ4n) is 1.56. The Bertz CT molecular complexity index is 566. The van der Waals surface area contributed by atoms with Crippen molar-refractivity contribution in [1.29, 1.82) is 0 Å². The molecule has 0 N–H and O–H groups in total. The maximum Gasteiger partial charge on any atom is 0.182 e. The van der Waals surface area contributed by atoms with E-state index >= 15 is 0 Å². The van der Waals surface area contributed by atoms with E-state index in [4.69, 9.17) is 11.6 Å². The van der Waals surface area contributed by atoms with Crippen LogP contribution in [0.4, 0.5) is 0 Å². The fourth-order valence-corrected chi connectivity index (χ4v) is 2.09. The van der Waals surface area contributed by atoms with Crippen LogP contribution < -0.4 is 0 Å². The van der Waals surface area contributed by atoms with Crippen LogP contribution in [-0.2, 0) is 6.54 Å². The lowest BCUT2D eigenvalue weighted by molar-refractivity contribution is -0.469. The van der Waals surface area contributed by atoms with Crippen molar-refractivity contribution in [3.8, 4) is 0 Å². The van der Waals surface area contributed by atoms with Gasteiger partial charge in [-0.3, -0.25) is 0 Å². The second-order valence-corrected chi connectivity index (χ2v) is 5.14. The molecule has 2 rings (SSSR count). The largest absolute Gasteiger partial charge is 0.624 e. The maximum atomic E-state index is 11.8. The van der Waals surface area contributed by atoms with Crippen LogP contribution >= 0.6 is 27.5 Å². The summed E-state index contributed by atoms with van der Waals surface area (Å²) in [4.78, 5) is 0. The Balaban J connectivity index is 2.15. The van der Waals surface area contributed by atoms with Gasteiger partial charge >= 0.3 is 0 Å². The van der Waals surface area contributed by atoms with Gasteiger partial charge in [0, 0.05) is 20.6 Å². The molecule has 2 aromatic rings. The first-order chi connectivity index (χ1) is 8.65. The molecule has 0 fully saturated rings. The Labute approximate surface area is 119 Å². The van der Waals surface area contributed by atoms with Crippen molar-refractivity contribution in [3.63, 3.8) is 0 Å². The lowest BCUT2D eigenvalue weighted by atomic mass is 10.2. The Morgan fingerprint density at radius 3 is 2.44 bits per heavy atom. The summed E-state index contributed by atoms with van der Waals surface area (Å²) < 4.78 is 1.85. The van der Waals surface area contributed by atoms with Gasteiger partial charge in [-0.2, -0.15) is 0 Å². The van der Waals surface area contributed by atoms with Gasteiger partial charge in [-0.05, 0) is 30.3 Å². The van der Waals surface area contributed by atoms with Gasteiger partial charge in [0.25, 0.3) is 0 Å². The van der Waals surface area contributed by atoms with Gasteiger partial charge in [-0.15, -0.1) is 0 Å². The summed E-state index contributed by atoms with van der Waals surface area (Å²) in [6.45, 7) is 0.310. The first-order valence-electron chi connectivity index (χ1n) is 5.43. The molecular weight excluding hydrogens is 314 g/mol. The molecule has 0 unspecified atom stereocenters. The Hall–Kier alpha value is -1.32. The van der Waals surface area contributed by atoms with Gasteiger partial charge in [0.15, 0.2) is 12.8 Å². The second kappa shape index (κ2) is 6.03. The zero-order chi connectivity index (χ0) is 13.0. The van der Waals surface area contributed by atoms with E-state index in [1.54, 1.807) is 18.3 Å². The highest BCUT2D eigenvalue weighted by molar-refractivity contribution is 9.10. The maximum absolute atomic E-state index is 11.8. The molecule has 0 aliphatic carbocycles. The van der Waals surface area contributed by atoms with Crippen molar-refractivity contribution in [2.75, 3.05) is 0 Å². The van der Waals surface area contributed by atoms with Crippen molar-refractivity contribution in [2.24, 2.45) is 0 Å². The quantitative estimate of drug-likeness (QED) is 0.359. The van der Waals surface area contributed by atoms with Crippen LogP contribution in [0.2, 0.25) is 5.02 Å². The van der Waals surface area contributed by atoms with E-state index in [9.17, 15) is 5.21 Å².